The first kappa shape index (κ1) is 14.9. The van der Waals surface area contributed by atoms with Crippen molar-refractivity contribution in [2.45, 2.75) is 26.0 Å². The van der Waals surface area contributed by atoms with Crippen LogP contribution >= 0.6 is 12.2 Å². The second-order valence-electron chi connectivity index (χ2n) is 5.23. The Kier molecular flexibility index (Phi) is 4.73. The minimum absolute atomic E-state index is 0.00732. The smallest absolute Gasteiger partial charge is 0.228 e. The fourth-order valence-electron chi connectivity index (χ4n) is 2.51. The first-order valence-corrected chi connectivity index (χ1v) is 7.15. The van der Waals surface area contributed by atoms with Crippen LogP contribution in [0.2, 0.25) is 0 Å². The number of rotatable bonds is 4. The van der Waals surface area contributed by atoms with Crippen molar-refractivity contribution in [3.05, 3.63) is 35.4 Å². The van der Waals surface area contributed by atoms with E-state index in [1.807, 2.05) is 38.2 Å². The van der Waals surface area contributed by atoms with Crippen molar-refractivity contribution in [2.75, 3.05) is 13.7 Å². The standard InChI is InChI=1S/C15H20N2O2S/c1-10-13(6-7-19-10)15(18)17(2)9-11-4-3-5-12(8-11)14(16)20/h3-5,8,10,13H,6-7,9H2,1-2H3,(H2,16,20). The minimum atomic E-state index is -0.0289. The summed E-state index contributed by atoms with van der Waals surface area (Å²) in [6.45, 7) is 3.18. The summed E-state index contributed by atoms with van der Waals surface area (Å²) in [5.41, 5.74) is 7.48. The fraction of sp³-hybridized carbons (Fsp3) is 0.467. The molecule has 1 aromatic rings. The predicted octanol–water partition coefficient (Wildman–Crippen LogP) is 1.70. The van der Waals surface area contributed by atoms with Gasteiger partial charge in [-0.3, -0.25) is 4.79 Å². The van der Waals surface area contributed by atoms with E-state index in [1.165, 1.54) is 0 Å². The van der Waals surface area contributed by atoms with Gasteiger partial charge < -0.3 is 15.4 Å². The Balaban J connectivity index is 2.03. The number of carbonyl (C=O) groups excluding carboxylic acids is 1. The van der Waals surface area contributed by atoms with Gasteiger partial charge in [-0.15, -0.1) is 0 Å². The molecule has 108 valence electrons. The Labute approximate surface area is 124 Å². The van der Waals surface area contributed by atoms with Gasteiger partial charge in [0.15, 0.2) is 0 Å². The lowest BCUT2D eigenvalue weighted by Gasteiger charge is -2.23. The Bertz CT molecular complexity index is 518. The number of hydrogen-bond donors (Lipinski definition) is 1. The van der Waals surface area contributed by atoms with Gasteiger partial charge in [0.2, 0.25) is 5.91 Å². The molecule has 1 aromatic carbocycles. The highest BCUT2D eigenvalue weighted by molar-refractivity contribution is 7.80. The molecule has 1 aliphatic rings. The van der Waals surface area contributed by atoms with E-state index in [2.05, 4.69) is 0 Å². The molecule has 0 saturated carbocycles. The topological polar surface area (TPSA) is 55.6 Å². The minimum Gasteiger partial charge on any atom is -0.389 e. The molecule has 20 heavy (non-hydrogen) atoms. The van der Waals surface area contributed by atoms with E-state index in [0.29, 0.717) is 18.1 Å². The molecule has 1 amide bonds. The van der Waals surface area contributed by atoms with E-state index in [-0.39, 0.29) is 17.9 Å². The SMILES string of the molecule is CC1OCCC1C(=O)N(C)Cc1cccc(C(N)=S)c1. The highest BCUT2D eigenvalue weighted by Gasteiger charge is 2.32. The fourth-order valence-corrected chi connectivity index (χ4v) is 2.64. The number of ether oxygens (including phenoxy) is 1. The van der Waals surface area contributed by atoms with E-state index in [0.717, 1.165) is 17.5 Å². The summed E-state index contributed by atoms with van der Waals surface area (Å²) in [5.74, 6) is 0.106. The van der Waals surface area contributed by atoms with Gasteiger partial charge >= 0.3 is 0 Å². The molecule has 0 aromatic heterocycles. The first-order chi connectivity index (χ1) is 9.49. The van der Waals surface area contributed by atoms with Gasteiger partial charge in [-0.25, -0.2) is 0 Å². The van der Waals surface area contributed by atoms with Crippen LogP contribution in [-0.4, -0.2) is 35.6 Å². The third-order valence-corrected chi connectivity index (χ3v) is 3.94. The van der Waals surface area contributed by atoms with Crippen LogP contribution in [0.25, 0.3) is 0 Å². The average molecular weight is 292 g/mol. The molecular weight excluding hydrogens is 272 g/mol. The molecule has 0 bridgehead atoms. The molecule has 2 N–H and O–H groups in total. The summed E-state index contributed by atoms with van der Waals surface area (Å²) in [6, 6.07) is 7.69. The normalized spacial score (nSPS) is 21.7. The maximum absolute atomic E-state index is 12.4. The van der Waals surface area contributed by atoms with E-state index >= 15 is 0 Å². The molecule has 1 heterocycles. The molecule has 4 nitrogen and oxygen atoms in total. The van der Waals surface area contributed by atoms with Crippen LogP contribution in [0.1, 0.15) is 24.5 Å². The second kappa shape index (κ2) is 6.33. The van der Waals surface area contributed by atoms with Gasteiger partial charge in [0.1, 0.15) is 4.99 Å². The van der Waals surface area contributed by atoms with Crippen LogP contribution in [0.15, 0.2) is 24.3 Å². The maximum Gasteiger partial charge on any atom is 0.228 e. The van der Waals surface area contributed by atoms with Gasteiger partial charge in [-0.05, 0) is 25.0 Å². The highest BCUT2D eigenvalue weighted by atomic mass is 32.1. The molecule has 1 aliphatic heterocycles. The molecule has 0 spiro atoms. The zero-order valence-electron chi connectivity index (χ0n) is 11.8. The Hall–Kier alpha value is -1.46. The van der Waals surface area contributed by atoms with Gasteiger partial charge in [-0.1, -0.05) is 30.4 Å². The van der Waals surface area contributed by atoms with Crippen LogP contribution in [0.4, 0.5) is 0 Å². The Morgan fingerprint density at radius 1 is 1.55 bits per heavy atom. The predicted molar refractivity (Wildman–Crippen MR) is 82.3 cm³/mol. The lowest BCUT2D eigenvalue weighted by Crippen LogP contribution is -2.35. The zero-order valence-corrected chi connectivity index (χ0v) is 12.7. The summed E-state index contributed by atoms with van der Waals surface area (Å²) in [7, 11) is 1.82. The lowest BCUT2D eigenvalue weighted by atomic mass is 10.0. The van der Waals surface area contributed by atoms with Crippen LogP contribution in [-0.2, 0) is 16.1 Å². The maximum atomic E-state index is 12.4. The second-order valence-corrected chi connectivity index (χ2v) is 5.67. The average Bonchev–Trinajstić information content (AvgIpc) is 2.84. The summed E-state index contributed by atoms with van der Waals surface area (Å²) in [5, 5.41) is 0. The molecule has 1 fully saturated rings. The van der Waals surface area contributed by atoms with Gasteiger partial charge in [0.05, 0.1) is 12.0 Å². The van der Waals surface area contributed by atoms with Crippen molar-refractivity contribution in [1.29, 1.82) is 0 Å². The molecule has 2 unspecified atom stereocenters. The molecule has 0 aliphatic carbocycles. The summed E-state index contributed by atoms with van der Waals surface area (Å²) in [6.07, 6.45) is 0.810. The number of nitrogens with two attached hydrogens (primary N) is 1. The number of thiocarbonyl (C=S) groups is 1. The summed E-state index contributed by atoms with van der Waals surface area (Å²) < 4.78 is 5.46. The summed E-state index contributed by atoms with van der Waals surface area (Å²) >= 11 is 4.97. The molecule has 5 heteroatoms. The van der Waals surface area contributed by atoms with Crippen molar-refractivity contribution >= 4 is 23.1 Å². The number of carbonyl (C=O) groups is 1. The largest absolute Gasteiger partial charge is 0.389 e. The van der Waals surface area contributed by atoms with Crippen molar-refractivity contribution in [3.63, 3.8) is 0 Å². The molecule has 0 radical (unpaired) electrons. The van der Waals surface area contributed by atoms with Gasteiger partial charge in [-0.2, -0.15) is 0 Å². The highest BCUT2D eigenvalue weighted by Crippen LogP contribution is 2.23. The first-order valence-electron chi connectivity index (χ1n) is 6.74. The molecule has 2 atom stereocenters. The lowest BCUT2D eigenvalue weighted by molar-refractivity contribution is -0.136. The van der Waals surface area contributed by atoms with Crippen LogP contribution in [0, 0.1) is 5.92 Å². The Morgan fingerprint density at radius 3 is 2.90 bits per heavy atom. The van der Waals surface area contributed by atoms with Crippen LogP contribution < -0.4 is 5.73 Å². The van der Waals surface area contributed by atoms with Crippen molar-refractivity contribution < 1.29 is 9.53 Å². The quantitative estimate of drug-likeness (QED) is 0.858. The van der Waals surface area contributed by atoms with Crippen LogP contribution in [0.5, 0.6) is 0 Å². The third-order valence-electron chi connectivity index (χ3n) is 3.70. The van der Waals surface area contributed by atoms with E-state index in [4.69, 9.17) is 22.7 Å². The third kappa shape index (κ3) is 3.35. The summed E-state index contributed by atoms with van der Waals surface area (Å²) in [4.78, 5) is 14.5. The number of hydrogen-bond acceptors (Lipinski definition) is 3. The molecule has 1 saturated heterocycles. The van der Waals surface area contributed by atoms with Crippen molar-refractivity contribution in [2.24, 2.45) is 11.7 Å². The van der Waals surface area contributed by atoms with Crippen molar-refractivity contribution in [3.8, 4) is 0 Å². The monoisotopic (exact) mass is 292 g/mol. The van der Waals surface area contributed by atoms with E-state index in [9.17, 15) is 4.79 Å². The van der Waals surface area contributed by atoms with Crippen LogP contribution in [0.3, 0.4) is 0 Å². The number of amides is 1. The number of nitrogens with zero attached hydrogens (tertiary/aromatic N) is 1. The van der Waals surface area contributed by atoms with Crippen molar-refractivity contribution in [1.82, 2.24) is 4.90 Å². The molecule has 2 rings (SSSR count). The van der Waals surface area contributed by atoms with E-state index in [1.54, 1.807) is 4.90 Å². The van der Waals surface area contributed by atoms with Gasteiger partial charge in [0, 0.05) is 25.8 Å². The van der Waals surface area contributed by atoms with E-state index < -0.39 is 0 Å². The molecular formula is C15H20N2O2S. The van der Waals surface area contributed by atoms with Gasteiger partial charge in [0.25, 0.3) is 0 Å². The number of benzene rings is 1. The Morgan fingerprint density at radius 2 is 2.30 bits per heavy atom. The zero-order chi connectivity index (χ0) is 14.7.